The van der Waals surface area contributed by atoms with Gasteiger partial charge in [-0.25, -0.2) is 8.42 Å². The number of nitrogens with zero attached hydrogens (tertiary/aromatic N) is 2. The average molecular weight is 309 g/mol. The van der Waals surface area contributed by atoms with Crippen molar-refractivity contribution in [1.82, 2.24) is 4.90 Å². The molecule has 6 nitrogen and oxygen atoms in total. The SMILES string of the molecule is CS(=O)(=O)c1cccc(N2CCN3C(=O)CCC3C2)c1N. The van der Waals surface area contributed by atoms with Gasteiger partial charge in [-0.05, 0) is 18.6 Å². The number of anilines is 2. The number of fused-ring (bicyclic) bond motifs is 1. The lowest BCUT2D eigenvalue weighted by Crippen LogP contribution is -2.51. The molecule has 7 heteroatoms. The van der Waals surface area contributed by atoms with Gasteiger partial charge in [-0.2, -0.15) is 0 Å². The molecule has 0 radical (unpaired) electrons. The van der Waals surface area contributed by atoms with Gasteiger partial charge in [0.25, 0.3) is 0 Å². The number of rotatable bonds is 2. The number of carbonyl (C=O) groups is 1. The third kappa shape index (κ3) is 2.46. The number of amides is 1. The van der Waals surface area contributed by atoms with Crippen LogP contribution in [0.1, 0.15) is 12.8 Å². The topological polar surface area (TPSA) is 83.7 Å². The van der Waals surface area contributed by atoms with E-state index in [2.05, 4.69) is 4.90 Å². The highest BCUT2D eigenvalue weighted by atomic mass is 32.2. The van der Waals surface area contributed by atoms with E-state index < -0.39 is 9.84 Å². The highest BCUT2D eigenvalue weighted by molar-refractivity contribution is 7.90. The second-order valence-corrected chi connectivity index (χ2v) is 7.67. The molecule has 2 fully saturated rings. The van der Waals surface area contributed by atoms with Gasteiger partial charge in [-0.3, -0.25) is 4.79 Å². The first kappa shape index (κ1) is 14.2. The molecule has 2 N–H and O–H groups in total. The van der Waals surface area contributed by atoms with Gasteiger partial charge in [-0.1, -0.05) is 6.07 Å². The molecule has 1 atom stereocenters. The minimum atomic E-state index is -3.34. The van der Waals surface area contributed by atoms with Crippen LogP contribution < -0.4 is 10.6 Å². The van der Waals surface area contributed by atoms with E-state index >= 15 is 0 Å². The van der Waals surface area contributed by atoms with Crippen molar-refractivity contribution < 1.29 is 13.2 Å². The summed E-state index contributed by atoms with van der Waals surface area (Å²) in [5.74, 6) is 0.220. The number of piperazine rings is 1. The molecule has 2 aliphatic rings. The highest BCUT2D eigenvalue weighted by Crippen LogP contribution is 2.33. The van der Waals surface area contributed by atoms with Crippen LogP contribution in [-0.2, 0) is 14.6 Å². The van der Waals surface area contributed by atoms with Crippen molar-refractivity contribution in [1.29, 1.82) is 0 Å². The first-order chi connectivity index (χ1) is 9.88. The Morgan fingerprint density at radius 2 is 2.05 bits per heavy atom. The highest BCUT2D eigenvalue weighted by Gasteiger charge is 2.36. The molecule has 0 spiro atoms. The van der Waals surface area contributed by atoms with E-state index in [1.807, 2.05) is 11.0 Å². The minimum Gasteiger partial charge on any atom is -0.396 e. The Labute approximate surface area is 124 Å². The second kappa shape index (κ2) is 4.91. The van der Waals surface area contributed by atoms with Gasteiger partial charge in [0.15, 0.2) is 9.84 Å². The smallest absolute Gasteiger partial charge is 0.223 e. The molecule has 21 heavy (non-hydrogen) atoms. The molecule has 1 amide bonds. The van der Waals surface area contributed by atoms with E-state index in [4.69, 9.17) is 5.73 Å². The first-order valence-corrected chi connectivity index (χ1v) is 8.90. The fourth-order valence-corrected chi connectivity index (χ4v) is 4.04. The van der Waals surface area contributed by atoms with Crippen molar-refractivity contribution in [3.8, 4) is 0 Å². The van der Waals surface area contributed by atoms with E-state index in [-0.39, 0.29) is 16.8 Å². The van der Waals surface area contributed by atoms with E-state index in [0.29, 0.717) is 31.7 Å². The predicted molar refractivity (Wildman–Crippen MR) is 80.9 cm³/mol. The summed E-state index contributed by atoms with van der Waals surface area (Å²) in [6.07, 6.45) is 2.63. The summed E-state index contributed by atoms with van der Waals surface area (Å²) in [4.78, 5) is 15.9. The Bertz CT molecular complexity index is 687. The lowest BCUT2D eigenvalue weighted by Gasteiger charge is -2.39. The third-order valence-corrected chi connectivity index (χ3v) is 5.43. The van der Waals surface area contributed by atoms with Gasteiger partial charge < -0.3 is 15.5 Å². The Hall–Kier alpha value is -1.76. The fourth-order valence-electron chi connectivity index (χ4n) is 3.21. The molecule has 0 bridgehead atoms. The van der Waals surface area contributed by atoms with Crippen LogP contribution >= 0.6 is 0 Å². The molecule has 2 aliphatic heterocycles. The van der Waals surface area contributed by atoms with Gasteiger partial charge in [0.1, 0.15) is 0 Å². The van der Waals surface area contributed by atoms with Gasteiger partial charge in [0.05, 0.1) is 16.3 Å². The number of nitrogen functional groups attached to an aromatic ring is 1. The third-order valence-electron chi connectivity index (χ3n) is 4.28. The van der Waals surface area contributed by atoms with Gasteiger partial charge in [-0.15, -0.1) is 0 Å². The zero-order valence-corrected chi connectivity index (χ0v) is 12.8. The van der Waals surface area contributed by atoms with Crippen LogP contribution in [0.15, 0.2) is 23.1 Å². The standard InChI is InChI=1S/C14H19N3O3S/c1-21(19,20)12-4-2-3-11(14(12)15)16-7-8-17-10(9-16)5-6-13(17)18/h2-4,10H,5-9,15H2,1H3. The number of sulfone groups is 1. The predicted octanol–water partition coefficient (Wildman–Crippen LogP) is 0.483. The molecule has 3 rings (SSSR count). The average Bonchev–Trinajstić information content (AvgIpc) is 2.79. The first-order valence-electron chi connectivity index (χ1n) is 7.01. The summed E-state index contributed by atoms with van der Waals surface area (Å²) in [5.41, 5.74) is 7.11. The number of carbonyl (C=O) groups excluding carboxylic acids is 1. The molecule has 2 saturated heterocycles. The summed E-state index contributed by atoms with van der Waals surface area (Å²) < 4.78 is 23.5. The molecule has 2 heterocycles. The van der Waals surface area contributed by atoms with Gasteiger partial charge in [0, 0.05) is 38.4 Å². The van der Waals surface area contributed by atoms with Crippen LogP contribution in [0, 0.1) is 0 Å². The molecule has 1 aromatic rings. The van der Waals surface area contributed by atoms with Crippen molar-refractivity contribution in [2.45, 2.75) is 23.8 Å². The zero-order valence-electron chi connectivity index (χ0n) is 11.9. The summed E-state index contributed by atoms with van der Waals surface area (Å²) in [6.45, 7) is 2.06. The lowest BCUT2D eigenvalue weighted by molar-refractivity contribution is -0.129. The Kier molecular flexibility index (Phi) is 3.32. The quantitative estimate of drug-likeness (QED) is 0.804. The van der Waals surface area contributed by atoms with E-state index in [9.17, 15) is 13.2 Å². The maximum absolute atomic E-state index is 11.8. The molecule has 114 valence electrons. The fraction of sp³-hybridized carbons (Fsp3) is 0.500. The Morgan fingerprint density at radius 1 is 1.29 bits per heavy atom. The molecule has 0 saturated carbocycles. The van der Waals surface area contributed by atoms with Crippen LogP contribution in [0.5, 0.6) is 0 Å². The largest absolute Gasteiger partial charge is 0.396 e. The maximum atomic E-state index is 11.8. The number of hydrogen-bond acceptors (Lipinski definition) is 5. The van der Waals surface area contributed by atoms with E-state index in [0.717, 1.165) is 18.4 Å². The van der Waals surface area contributed by atoms with Crippen molar-refractivity contribution >= 4 is 27.1 Å². The number of nitrogens with two attached hydrogens (primary N) is 1. The Balaban J connectivity index is 1.90. The van der Waals surface area contributed by atoms with Crippen molar-refractivity contribution in [2.24, 2.45) is 0 Å². The summed E-state index contributed by atoms with van der Waals surface area (Å²) in [7, 11) is -3.34. The van der Waals surface area contributed by atoms with Gasteiger partial charge in [0.2, 0.25) is 5.91 Å². The van der Waals surface area contributed by atoms with Crippen molar-refractivity contribution in [3.63, 3.8) is 0 Å². The normalized spacial score (nSPS) is 22.5. The Morgan fingerprint density at radius 3 is 2.76 bits per heavy atom. The van der Waals surface area contributed by atoms with Crippen molar-refractivity contribution in [2.75, 3.05) is 36.5 Å². The molecule has 0 aromatic heterocycles. The van der Waals surface area contributed by atoms with Crippen LogP contribution in [0.2, 0.25) is 0 Å². The molecule has 0 aliphatic carbocycles. The van der Waals surface area contributed by atoms with Crippen LogP contribution in [0.4, 0.5) is 11.4 Å². The summed E-state index contributed by atoms with van der Waals surface area (Å²) >= 11 is 0. The summed E-state index contributed by atoms with van der Waals surface area (Å²) in [6, 6.07) is 5.31. The lowest BCUT2D eigenvalue weighted by atomic mass is 10.1. The van der Waals surface area contributed by atoms with Crippen molar-refractivity contribution in [3.05, 3.63) is 18.2 Å². The zero-order chi connectivity index (χ0) is 15.2. The number of benzene rings is 1. The van der Waals surface area contributed by atoms with Crippen LogP contribution in [0.25, 0.3) is 0 Å². The molecular weight excluding hydrogens is 290 g/mol. The van der Waals surface area contributed by atoms with Crippen LogP contribution in [0.3, 0.4) is 0 Å². The van der Waals surface area contributed by atoms with E-state index in [1.165, 1.54) is 6.07 Å². The molecule has 1 aromatic carbocycles. The number of para-hydroxylation sites is 1. The number of hydrogen-bond donors (Lipinski definition) is 1. The second-order valence-electron chi connectivity index (χ2n) is 5.69. The molecule has 1 unspecified atom stereocenters. The van der Waals surface area contributed by atoms with Crippen LogP contribution in [-0.4, -0.2) is 51.2 Å². The maximum Gasteiger partial charge on any atom is 0.223 e. The van der Waals surface area contributed by atoms with Gasteiger partial charge >= 0.3 is 0 Å². The summed E-state index contributed by atoms with van der Waals surface area (Å²) in [5, 5.41) is 0. The monoisotopic (exact) mass is 309 g/mol. The van der Waals surface area contributed by atoms with E-state index in [1.54, 1.807) is 6.07 Å². The minimum absolute atomic E-state index is 0.171. The molecular formula is C14H19N3O3S.